The Morgan fingerprint density at radius 1 is 1.56 bits per heavy atom. The molecule has 1 aliphatic rings. The topological polar surface area (TPSA) is 73.9 Å². The second-order valence-electron chi connectivity index (χ2n) is 6.07. The maximum Gasteiger partial charge on any atom is 0.144 e. The van der Waals surface area contributed by atoms with E-state index in [1.807, 2.05) is 13.8 Å². The summed E-state index contributed by atoms with van der Waals surface area (Å²) in [5.41, 5.74) is 5.40. The van der Waals surface area contributed by atoms with Gasteiger partial charge < -0.3 is 16.3 Å². The largest absolute Gasteiger partial charge is 0.409 e. The lowest BCUT2D eigenvalue weighted by Gasteiger charge is -2.26. The second-order valence-corrected chi connectivity index (χ2v) is 6.07. The molecular weight excluding hydrogens is 228 g/mol. The minimum Gasteiger partial charge on any atom is -0.409 e. The van der Waals surface area contributed by atoms with Crippen molar-refractivity contribution in [3.8, 4) is 0 Å². The fourth-order valence-corrected chi connectivity index (χ4v) is 1.96. The van der Waals surface area contributed by atoms with Crippen molar-refractivity contribution in [1.29, 1.82) is 0 Å². The molecule has 5 nitrogen and oxygen atoms in total. The van der Waals surface area contributed by atoms with E-state index in [1.54, 1.807) is 0 Å². The number of nitrogens with two attached hydrogens (primary N) is 1. The monoisotopic (exact) mass is 256 g/mol. The van der Waals surface area contributed by atoms with E-state index in [0.717, 1.165) is 25.6 Å². The summed E-state index contributed by atoms with van der Waals surface area (Å²) in [6, 6.07) is 1.36. The number of nitrogens with zero attached hydrogens (tertiary/aromatic N) is 2. The summed E-state index contributed by atoms with van der Waals surface area (Å²) in [4.78, 5) is 2.45. The van der Waals surface area contributed by atoms with Gasteiger partial charge in [0.15, 0.2) is 0 Å². The van der Waals surface area contributed by atoms with Crippen molar-refractivity contribution in [2.45, 2.75) is 52.1 Å². The second kappa shape index (κ2) is 6.38. The number of oxime groups is 1. The molecule has 0 amide bonds. The molecule has 0 heterocycles. The van der Waals surface area contributed by atoms with Crippen LogP contribution in [0.5, 0.6) is 0 Å². The third-order valence-electron chi connectivity index (χ3n) is 3.99. The minimum absolute atomic E-state index is 0.257. The maximum absolute atomic E-state index is 8.69. The van der Waals surface area contributed by atoms with E-state index in [9.17, 15) is 0 Å². The van der Waals surface area contributed by atoms with Gasteiger partial charge in [0.2, 0.25) is 0 Å². The molecule has 0 aromatic heterocycles. The molecule has 1 aliphatic carbocycles. The number of nitrogens with one attached hydrogen (secondary N) is 1. The minimum atomic E-state index is -0.257. The normalized spacial score (nSPS) is 19.3. The highest BCUT2D eigenvalue weighted by molar-refractivity contribution is 5.85. The lowest BCUT2D eigenvalue weighted by Crippen LogP contribution is -2.41. The van der Waals surface area contributed by atoms with Crippen molar-refractivity contribution in [1.82, 2.24) is 10.2 Å². The van der Waals surface area contributed by atoms with Crippen LogP contribution in [-0.4, -0.2) is 48.2 Å². The molecule has 0 aromatic carbocycles. The van der Waals surface area contributed by atoms with E-state index in [4.69, 9.17) is 10.9 Å². The number of hydrogen-bond donors (Lipinski definition) is 3. The molecule has 0 bridgehead atoms. The van der Waals surface area contributed by atoms with Crippen molar-refractivity contribution >= 4 is 5.84 Å². The molecule has 106 valence electrons. The Morgan fingerprint density at radius 2 is 2.17 bits per heavy atom. The predicted octanol–water partition coefficient (Wildman–Crippen LogP) is 1.22. The third kappa shape index (κ3) is 4.46. The summed E-state index contributed by atoms with van der Waals surface area (Å²) >= 11 is 0. The Balaban J connectivity index is 2.17. The van der Waals surface area contributed by atoms with Gasteiger partial charge in [0.05, 0.1) is 0 Å². The van der Waals surface area contributed by atoms with Gasteiger partial charge in [-0.05, 0) is 39.8 Å². The highest BCUT2D eigenvalue weighted by Gasteiger charge is 2.29. The summed E-state index contributed by atoms with van der Waals surface area (Å²) in [7, 11) is 2.20. The lowest BCUT2D eigenvalue weighted by atomic mass is 9.88. The van der Waals surface area contributed by atoms with E-state index in [-0.39, 0.29) is 5.41 Å². The Kier molecular flexibility index (Phi) is 5.41. The molecule has 0 saturated heterocycles. The third-order valence-corrected chi connectivity index (χ3v) is 3.99. The summed E-state index contributed by atoms with van der Waals surface area (Å²) in [5.74, 6) is 0.299. The fourth-order valence-electron chi connectivity index (χ4n) is 1.96. The van der Waals surface area contributed by atoms with Gasteiger partial charge >= 0.3 is 0 Å². The standard InChI is InChI=1S/C13H28N4O/c1-10(17(4)11-5-6-11)9-15-8-7-13(2,3)12(14)16-18/h10-11,15,18H,5-9H2,1-4H3,(H2,14,16). The molecule has 1 fully saturated rings. The van der Waals surface area contributed by atoms with E-state index < -0.39 is 0 Å². The van der Waals surface area contributed by atoms with Crippen molar-refractivity contribution < 1.29 is 5.21 Å². The van der Waals surface area contributed by atoms with Gasteiger partial charge in [-0.15, -0.1) is 0 Å². The molecule has 0 aliphatic heterocycles. The van der Waals surface area contributed by atoms with E-state index in [2.05, 4.69) is 29.3 Å². The van der Waals surface area contributed by atoms with Crippen LogP contribution in [0.25, 0.3) is 0 Å². The molecule has 0 radical (unpaired) electrons. The number of amidine groups is 1. The molecule has 5 heteroatoms. The number of hydrogen-bond acceptors (Lipinski definition) is 4. The van der Waals surface area contributed by atoms with Crippen LogP contribution in [0.3, 0.4) is 0 Å². The molecule has 0 aromatic rings. The molecule has 1 rings (SSSR count). The Morgan fingerprint density at radius 3 is 2.67 bits per heavy atom. The van der Waals surface area contributed by atoms with Gasteiger partial charge in [-0.2, -0.15) is 0 Å². The quantitative estimate of drug-likeness (QED) is 0.201. The summed E-state index contributed by atoms with van der Waals surface area (Å²) in [5, 5.41) is 15.2. The first-order valence-corrected chi connectivity index (χ1v) is 6.79. The van der Waals surface area contributed by atoms with Gasteiger partial charge in [-0.3, -0.25) is 4.90 Å². The van der Waals surface area contributed by atoms with Crippen LogP contribution in [0.4, 0.5) is 0 Å². The van der Waals surface area contributed by atoms with Crippen molar-refractivity contribution in [2.75, 3.05) is 20.1 Å². The Bertz CT molecular complexity index is 287. The Labute approximate surface area is 110 Å². The predicted molar refractivity (Wildman–Crippen MR) is 74.9 cm³/mol. The fraction of sp³-hybridized carbons (Fsp3) is 0.923. The maximum atomic E-state index is 8.69. The highest BCUT2D eigenvalue weighted by atomic mass is 16.4. The van der Waals surface area contributed by atoms with Crippen molar-refractivity contribution in [3.63, 3.8) is 0 Å². The van der Waals surface area contributed by atoms with Crippen LogP contribution in [0.15, 0.2) is 5.16 Å². The summed E-state index contributed by atoms with van der Waals surface area (Å²) in [6.07, 6.45) is 3.55. The molecule has 18 heavy (non-hydrogen) atoms. The molecule has 1 saturated carbocycles. The van der Waals surface area contributed by atoms with Gasteiger partial charge in [0.25, 0.3) is 0 Å². The molecular formula is C13H28N4O. The number of likely N-dealkylation sites (N-methyl/N-ethyl adjacent to an activating group) is 1. The average molecular weight is 256 g/mol. The molecule has 4 N–H and O–H groups in total. The van der Waals surface area contributed by atoms with Gasteiger partial charge in [0.1, 0.15) is 5.84 Å². The first-order valence-electron chi connectivity index (χ1n) is 6.79. The van der Waals surface area contributed by atoms with E-state index in [1.165, 1.54) is 12.8 Å². The van der Waals surface area contributed by atoms with E-state index >= 15 is 0 Å². The lowest BCUT2D eigenvalue weighted by molar-refractivity contribution is 0.239. The SMILES string of the molecule is CC(CNCCC(C)(C)C(N)=NO)N(C)C1CC1. The van der Waals surface area contributed by atoms with Crippen LogP contribution in [0.1, 0.15) is 40.0 Å². The molecule has 1 atom stereocenters. The van der Waals surface area contributed by atoms with Crippen LogP contribution in [0.2, 0.25) is 0 Å². The highest BCUT2D eigenvalue weighted by Crippen LogP contribution is 2.26. The number of rotatable bonds is 8. The summed E-state index contributed by atoms with van der Waals surface area (Å²) in [6.45, 7) is 8.10. The van der Waals surface area contributed by atoms with Gasteiger partial charge in [-0.1, -0.05) is 19.0 Å². The van der Waals surface area contributed by atoms with E-state index in [0.29, 0.717) is 11.9 Å². The molecule has 1 unspecified atom stereocenters. The van der Waals surface area contributed by atoms with Gasteiger partial charge in [-0.25, -0.2) is 0 Å². The summed E-state index contributed by atoms with van der Waals surface area (Å²) < 4.78 is 0. The zero-order chi connectivity index (χ0) is 13.8. The van der Waals surface area contributed by atoms with Gasteiger partial charge in [0, 0.05) is 24.0 Å². The first kappa shape index (κ1) is 15.2. The zero-order valence-electron chi connectivity index (χ0n) is 12.1. The Hall–Kier alpha value is -0.810. The first-order chi connectivity index (χ1) is 8.38. The van der Waals surface area contributed by atoms with Crippen LogP contribution in [-0.2, 0) is 0 Å². The van der Waals surface area contributed by atoms with Crippen molar-refractivity contribution in [3.05, 3.63) is 0 Å². The van der Waals surface area contributed by atoms with Crippen LogP contribution < -0.4 is 11.1 Å². The zero-order valence-corrected chi connectivity index (χ0v) is 12.1. The van der Waals surface area contributed by atoms with Crippen LogP contribution >= 0.6 is 0 Å². The molecule has 0 spiro atoms. The van der Waals surface area contributed by atoms with Crippen molar-refractivity contribution in [2.24, 2.45) is 16.3 Å². The average Bonchev–Trinajstić information content (AvgIpc) is 3.16. The smallest absolute Gasteiger partial charge is 0.144 e. The van der Waals surface area contributed by atoms with Crippen LogP contribution in [0, 0.1) is 5.41 Å².